The van der Waals surface area contributed by atoms with Crippen LogP contribution in [0.3, 0.4) is 0 Å². The molecule has 1 aliphatic rings. The molecule has 3 aromatic rings. The molecular weight excluding hydrogens is 458 g/mol. The summed E-state index contributed by atoms with van der Waals surface area (Å²) in [5.41, 5.74) is 0.779. The predicted molar refractivity (Wildman–Crippen MR) is 126 cm³/mol. The van der Waals surface area contributed by atoms with E-state index in [0.717, 1.165) is 9.78 Å². The van der Waals surface area contributed by atoms with E-state index < -0.39 is 30.3 Å². The molecule has 10 heteroatoms. The zero-order chi connectivity index (χ0) is 24.2. The van der Waals surface area contributed by atoms with Crippen LogP contribution in [0.15, 0.2) is 66.0 Å². The third-order valence-corrected chi connectivity index (χ3v) is 6.12. The molecule has 1 saturated heterocycles. The molecule has 0 saturated carbocycles. The van der Waals surface area contributed by atoms with E-state index in [0.29, 0.717) is 22.1 Å². The Hall–Kier alpha value is -4.18. The van der Waals surface area contributed by atoms with Crippen LogP contribution in [0.5, 0.6) is 11.5 Å². The summed E-state index contributed by atoms with van der Waals surface area (Å²) in [5, 5.41) is 1.89. The molecule has 0 atom stereocenters. The minimum Gasteiger partial charge on any atom is -0.497 e. The summed E-state index contributed by atoms with van der Waals surface area (Å²) in [6.07, 6.45) is 0. The topological polar surface area (TPSA) is 96.5 Å². The first-order valence-electron chi connectivity index (χ1n) is 10.2. The van der Waals surface area contributed by atoms with Crippen molar-refractivity contribution in [1.82, 2.24) is 4.90 Å². The van der Waals surface area contributed by atoms with E-state index in [-0.39, 0.29) is 12.2 Å². The number of thiophene rings is 1. The largest absolute Gasteiger partial charge is 0.497 e. The Morgan fingerprint density at radius 2 is 1.50 bits per heavy atom. The van der Waals surface area contributed by atoms with Gasteiger partial charge in [0.2, 0.25) is 5.91 Å². The Kier molecular flexibility index (Phi) is 6.60. The van der Waals surface area contributed by atoms with Crippen molar-refractivity contribution in [3.8, 4) is 11.5 Å². The molecule has 174 valence electrons. The van der Waals surface area contributed by atoms with Crippen LogP contribution in [-0.2, 0) is 20.9 Å². The fourth-order valence-corrected chi connectivity index (χ4v) is 4.16. The minimum absolute atomic E-state index is 0.213. The molecule has 0 unspecified atom stereocenters. The summed E-state index contributed by atoms with van der Waals surface area (Å²) in [6, 6.07) is 15.9. The van der Waals surface area contributed by atoms with Crippen molar-refractivity contribution in [1.29, 1.82) is 0 Å². The van der Waals surface area contributed by atoms with Gasteiger partial charge in [-0.25, -0.2) is 14.6 Å². The molecule has 0 radical (unpaired) electrons. The molecule has 1 fully saturated rings. The van der Waals surface area contributed by atoms with E-state index in [1.54, 1.807) is 43.5 Å². The maximum atomic E-state index is 13.3. The lowest BCUT2D eigenvalue weighted by Gasteiger charge is -2.24. The van der Waals surface area contributed by atoms with E-state index in [2.05, 4.69) is 0 Å². The van der Waals surface area contributed by atoms with E-state index in [9.17, 15) is 19.2 Å². The molecule has 5 amide bonds. The molecule has 9 nitrogen and oxygen atoms in total. The number of hydrogen-bond acceptors (Lipinski definition) is 7. The molecule has 2 aromatic carbocycles. The maximum absolute atomic E-state index is 13.3. The second-order valence-corrected chi connectivity index (χ2v) is 8.30. The lowest BCUT2D eigenvalue weighted by atomic mass is 10.2. The van der Waals surface area contributed by atoms with Gasteiger partial charge in [-0.3, -0.25) is 14.4 Å². The predicted octanol–water partition coefficient (Wildman–Crippen LogP) is 3.29. The zero-order valence-electron chi connectivity index (χ0n) is 18.5. The van der Waals surface area contributed by atoms with Gasteiger partial charge in [-0.05, 0) is 60.0 Å². The number of amides is 5. The first-order chi connectivity index (χ1) is 16.4. The molecule has 34 heavy (non-hydrogen) atoms. The molecule has 0 N–H and O–H groups in total. The van der Waals surface area contributed by atoms with Gasteiger partial charge in [-0.1, -0.05) is 6.07 Å². The highest BCUT2D eigenvalue weighted by molar-refractivity contribution is 7.09. The average molecular weight is 480 g/mol. The molecule has 1 aromatic heterocycles. The van der Waals surface area contributed by atoms with Crippen LogP contribution in [0.2, 0.25) is 0 Å². The van der Waals surface area contributed by atoms with E-state index >= 15 is 0 Å². The van der Waals surface area contributed by atoms with Crippen LogP contribution >= 0.6 is 11.3 Å². The van der Waals surface area contributed by atoms with Crippen molar-refractivity contribution in [2.24, 2.45) is 0 Å². The first kappa shape index (κ1) is 23.0. The third kappa shape index (κ3) is 4.48. The number of anilines is 2. The van der Waals surface area contributed by atoms with Crippen LogP contribution in [0.4, 0.5) is 16.2 Å². The van der Waals surface area contributed by atoms with E-state index in [1.807, 2.05) is 17.5 Å². The highest BCUT2D eigenvalue weighted by Gasteiger charge is 2.46. The van der Waals surface area contributed by atoms with Crippen molar-refractivity contribution in [2.75, 3.05) is 30.6 Å². The Morgan fingerprint density at radius 1 is 0.882 bits per heavy atom. The highest BCUT2D eigenvalue weighted by Crippen LogP contribution is 2.26. The standard InChI is InChI=1S/C24H21N3O6S/c1-32-18-9-5-16(6-10-18)25(14-20-4-3-13-34-20)21(28)15-26-22(29)23(30)27(24(26)31)17-7-11-19(33-2)12-8-17/h3-13H,14-15H2,1-2H3. The van der Waals surface area contributed by atoms with Gasteiger partial charge in [0.05, 0.1) is 26.5 Å². The Bertz CT molecular complexity index is 1210. The van der Waals surface area contributed by atoms with Gasteiger partial charge in [-0.2, -0.15) is 0 Å². The summed E-state index contributed by atoms with van der Waals surface area (Å²) in [7, 11) is 3.03. The molecule has 0 spiro atoms. The van der Waals surface area contributed by atoms with Gasteiger partial charge in [-0.15, -0.1) is 11.3 Å². The Morgan fingerprint density at radius 3 is 2.06 bits per heavy atom. The Balaban J connectivity index is 1.57. The summed E-state index contributed by atoms with van der Waals surface area (Å²) in [4.78, 5) is 55.3. The normalized spacial score (nSPS) is 13.4. The summed E-state index contributed by atoms with van der Waals surface area (Å²) >= 11 is 1.48. The second-order valence-electron chi connectivity index (χ2n) is 7.27. The lowest BCUT2D eigenvalue weighted by molar-refractivity contribution is -0.140. The van der Waals surface area contributed by atoms with Gasteiger partial charge < -0.3 is 14.4 Å². The molecular formula is C24H21N3O6S. The quantitative estimate of drug-likeness (QED) is 0.363. The van der Waals surface area contributed by atoms with E-state index in [4.69, 9.17) is 9.47 Å². The number of ether oxygens (including phenoxy) is 2. The van der Waals surface area contributed by atoms with Crippen molar-refractivity contribution in [3.05, 3.63) is 70.9 Å². The lowest BCUT2D eigenvalue weighted by Crippen LogP contribution is -2.43. The smallest absolute Gasteiger partial charge is 0.339 e. The number of imide groups is 2. The monoisotopic (exact) mass is 479 g/mol. The highest BCUT2D eigenvalue weighted by atomic mass is 32.1. The average Bonchev–Trinajstić information content (AvgIpc) is 3.45. The van der Waals surface area contributed by atoms with Crippen molar-refractivity contribution in [3.63, 3.8) is 0 Å². The third-order valence-electron chi connectivity index (χ3n) is 5.26. The van der Waals surface area contributed by atoms with Crippen LogP contribution in [0, 0.1) is 0 Å². The van der Waals surface area contributed by atoms with Crippen molar-refractivity contribution >= 4 is 46.5 Å². The van der Waals surface area contributed by atoms with Crippen LogP contribution in [0.1, 0.15) is 4.88 Å². The van der Waals surface area contributed by atoms with Crippen molar-refractivity contribution in [2.45, 2.75) is 6.54 Å². The van der Waals surface area contributed by atoms with Crippen LogP contribution in [0.25, 0.3) is 0 Å². The number of benzene rings is 2. The van der Waals surface area contributed by atoms with Crippen molar-refractivity contribution < 1.29 is 28.7 Å². The Labute approximate surface area is 199 Å². The van der Waals surface area contributed by atoms with Gasteiger partial charge in [0, 0.05) is 10.6 Å². The fraction of sp³-hybridized carbons (Fsp3) is 0.167. The fourth-order valence-electron chi connectivity index (χ4n) is 3.47. The number of nitrogens with zero attached hydrogens (tertiary/aromatic N) is 3. The number of rotatable bonds is 8. The van der Waals surface area contributed by atoms with Gasteiger partial charge >= 0.3 is 17.8 Å². The molecule has 1 aliphatic heterocycles. The molecule has 2 heterocycles. The number of urea groups is 1. The summed E-state index contributed by atoms with van der Waals surface area (Å²) < 4.78 is 10.3. The number of carbonyl (C=O) groups is 4. The maximum Gasteiger partial charge on any atom is 0.339 e. The molecule has 0 aliphatic carbocycles. The molecule has 4 rings (SSSR count). The number of methoxy groups -OCH3 is 2. The first-order valence-corrected chi connectivity index (χ1v) is 11.1. The summed E-state index contributed by atoms with van der Waals surface area (Å²) in [6.45, 7) is -0.331. The van der Waals surface area contributed by atoms with Gasteiger partial charge in [0.1, 0.15) is 18.0 Å². The summed E-state index contributed by atoms with van der Waals surface area (Å²) in [5.74, 6) is -1.43. The van der Waals surface area contributed by atoms with Crippen LogP contribution in [-0.4, -0.2) is 49.4 Å². The second kappa shape index (κ2) is 9.75. The van der Waals surface area contributed by atoms with Crippen LogP contribution < -0.4 is 19.3 Å². The van der Waals surface area contributed by atoms with Gasteiger partial charge in [0.15, 0.2) is 0 Å². The number of carbonyl (C=O) groups excluding carboxylic acids is 4. The SMILES string of the molecule is COc1ccc(N(Cc2cccs2)C(=O)CN2C(=O)C(=O)N(c3ccc(OC)cc3)C2=O)cc1. The molecule has 0 bridgehead atoms. The van der Waals surface area contributed by atoms with E-state index in [1.165, 1.54) is 35.5 Å². The van der Waals surface area contributed by atoms with Gasteiger partial charge in [0.25, 0.3) is 0 Å². The zero-order valence-corrected chi connectivity index (χ0v) is 19.3. The number of hydrogen-bond donors (Lipinski definition) is 0. The minimum atomic E-state index is -1.06.